The molecule has 5 heteroatoms. The Morgan fingerprint density at radius 2 is 1.97 bits per heavy atom. The number of carbonyl (C=O) groups is 1. The zero-order valence-corrected chi connectivity index (χ0v) is 20.3. The second-order valence-corrected chi connectivity index (χ2v) is 9.24. The minimum Gasteiger partial charge on any atom is -0.339 e. The molecule has 0 aliphatic heterocycles. The van der Waals surface area contributed by atoms with Gasteiger partial charge < -0.3 is 4.52 Å². The number of hydrogen-bond acceptors (Lipinski definition) is 5. The number of nitrogens with zero attached hydrogens (tertiary/aromatic N) is 3. The summed E-state index contributed by atoms with van der Waals surface area (Å²) in [6.45, 7) is 8.98. The third kappa shape index (κ3) is 7.48. The van der Waals surface area contributed by atoms with Crippen LogP contribution < -0.4 is 0 Å². The van der Waals surface area contributed by atoms with Gasteiger partial charge in [-0.15, -0.1) is 0 Å². The third-order valence-electron chi connectivity index (χ3n) is 5.70. The van der Waals surface area contributed by atoms with Crippen LogP contribution in [0.3, 0.4) is 0 Å². The maximum atomic E-state index is 12.6. The summed E-state index contributed by atoms with van der Waals surface area (Å²) in [5.41, 5.74) is 3.80. The molecule has 1 aromatic heterocycles. The number of Topliss-reactive ketones (excluding diaryl/α,β-unsaturated/α-hetero) is 1. The van der Waals surface area contributed by atoms with Crippen molar-refractivity contribution >= 4 is 17.1 Å². The molecule has 0 saturated heterocycles. The molecule has 174 valence electrons. The van der Waals surface area contributed by atoms with E-state index in [4.69, 9.17) is 4.52 Å². The summed E-state index contributed by atoms with van der Waals surface area (Å²) < 4.78 is 5.44. The molecule has 0 spiro atoms. The second kappa shape index (κ2) is 11.7. The number of carbonyl (C=O) groups excluding carboxylic acids is 1. The summed E-state index contributed by atoms with van der Waals surface area (Å²) in [5.74, 6) is 1.50. The van der Waals surface area contributed by atoms with Crippen molar-refractivity contribution in [1.29, 1.82) is 0 Å². The van der Waals surface area contributed by atoms with Crippen LogP contribution in [0.25, 0.3) is 5.57 Å². The fraction of sp³-hybridized carbons (Fsp3) is 0.429. The molecule has 1 aromatic carbocycles. The molecule has 0 atom stereocenters. The summed E-state index contributed by atoms with van der Waals surface area (Å²) in [6, 6.07) is 10.00. The Morgan fingerprint density at radius 3 is 2.70 bits per heavy atom. The lowest BCUT2D eigenvalue weighted by Gasteiger charge is -2.22. The number of aromatic nitrogens is 2. The van der Waals surface area contributed by atoms with Gasteiger partial charge in [-0.05, 0) is 55.7 Å². The lowest BCUT2D eigenvalue weighted by molar-refractivity contribution is -0.115. The van der Waals surface area contributed by atoms with Gasteiger partial charge in [0.15, 0.2) is 5.78 Å². The normalized spacial score (nSPS) is 16.1. The highest BCUT2D eigenvalue weighted by atomic mass is 16.5. The van der Waals surface area contributed by atoms with Gasteiger partial charge in [0.05, 0.1) is 5.71 Å². The summed E-state index contributed by atoms with van der Waals surface area (Å²) in [4.78, 5) is 21.7. The van der Waals surface area contributed by atoms with E-state index in [0.29, 0.717) is 24.7 Å². The Kier molecular flexibility index (Phi) is 8.70. The molecular formula is C28H35N3O2. The number of allylic oxidation sites excluding steroid dienone is 6. The largest absolute Gasteiger partial charge is 0.339 e. The molecular weight excluding hydrogens is 410 g/mol. The first kappa shape index (κ1) is 24.6. The van der Waals surface area contributed by atoms with E-state index < -0.39 is 0 Å². The molecule has 0 N–H and O–H groups in total. The van der Waals surface area contributed by atoms with E-state index in [9.17, 15) is 4.79 Å². The molecule has 0 bridgehead atoms. The smallest absolute Gasteiger partial charge is 0.226 e. The van der Waals surface area contributed by atoms with Gasteiger partial charge in [-0.25, -0.2) is 0 Å². The SMILES string of the molecule is CCN=C(/C=C(\C)C(=O)CCCCCc1nc(C2=CC(C)(C)CC=C2)no1)c1ccccc1. The van der Waals surface area contributed by atoms with Crippen LogP contribution in [0.5, 0.6) is 0 Å². The molecule has 5 nitrogen and oxygen atoms in total. The first-order valence-electron chi connectivity index (χ1n) is 11.9. The first-order chi connectivity index (χ1) is 15.9. The summed E-state index contributed by atoms with van der Waals surface area (Å²) in [7, 11) is 0. The number of rotatable bonds is 11. The second-order valence-electron chi connectivity index (χ2n) is 9.24. The highest BCUT2D eigenvalue weighted by Gasteiger charge is 2.20. The molecule has 0 fully saturated rings. The van der Waals surface area contributed by atoms with Gasteiger partial charge in [-0.2, -0.15) is 4.98 Å². The zero-order chi connectivity index (χ0) is 23.7. The standard InChI is InChI=1S/C28H35N3O2/c1-5-29-24(22-13-8-6-9-14-22)19-21(2)25(32)16-10-7-11-17-26-30-27(31-33-26)23-15-12-18-28(3,4)20-23/h6,8-9,12-15,19-20H,5,7,10-11,16-18H2,1-4H3/b21-19+,29-24?. The van der Waals surface area contributed by atoms with Crippen LogP contribution in [0.15, 0.2) is 69.7 Å². The highest BCUT2D eigenvalue weighted by molar-refractivity contribution is 6.12. The third-order valence-corrected chi connectivity index (χ3v) is 5.70. The lowest BCUT2D eigenvalue weighted by Crippen LogP contribution is -2.09. The van der Waals surface area contributed by atoms with Crippen molar-refractivity contribution in [3.05, 3.63) is 77.5 Å². The fourth-order valence-electron chi connectivity index (χ4n) is 3.85. The number of ketones is 1. The molecule has 0 unspecified atom stereocenters. The molecule has 3 rings (SSSR count). The predicted octanol–water partition coefficient (Wildman–Crippen LogP) is 6.57. The topological polar surface area (TPSA) is 68.3 Å². The van der Waals surface area contributed by atoms with Crippen LogP contribution in [-0.2, 0) is 11.2 Å². The van der Waals surface area contributed by atoms with Crippen LogP contribution >= 0.6 is 0 Å². The molecule has 33 heavy (non-hydrogen) atoms. The number of aliphatic imine (C=N–C) groups is 1. The van der Waals surface area contributed by atoms with Gasteiger partial charge in [0, 0.05) is 25.0 Å². The number of unbranched alkanes of at least 4 members (excludes halogenated alkanes) is 2. The average molecular weight is 446 g/mol. The minimum absolute atomic E-state index is 0.119. The van der Waals surface area contributed by atoms with Crippen molar-refractivity contribution in [2.75, 3.05) is 6.54 Å². The molecule has 0 saturated carbocycles. The van der Waals surface area contributed by atoms with Crippen LogP contribution in [0, 0.1) is 5.41 Å². The van der Waals surface area contributed by atoms with Crippen LogP contribution in [0.1, 0.15) is 77.1 Å². The van der Waals surface area contributed by atoms with Gasteiger partial charge in [-0.3, -0.25) is 9.79 Å². The van der Waals surface area contributed by atoms with Crippen molar-refractivity contribution < 1.29 is 9.32 Å². The van der Waals surface area contributed by atoms with Gasteiger partial charge in [0.1, 0.15) is 0 Å². The zero-order valence-electron chi connectivity index (χ0n) is 20.3. The quantitative estimate of drug-likeness (QED) is 0.223. The van der Waals surface area contributed by atoms with Gasteiger partial charge in [0.2, 0.25) is 11.7 Å². The molecule has 2 aromatic rings. The maximum Gasteiger partial charge on any atom is 0.226 e. The summed E-state index contributed by atoms with van der Waals surface area (Å²) in [6.07, 6.45) is 13.4. The molecule has 1 aliphatic rings. The van der Waals surface area contributed by atoms with E-state index in [0.717, 1.165) is 54.5 Å². The monoisotopic (exact) mass is 445 g/mol. The van der Waals surface area contributed by atoms with Crippen molar-refractivity contribution in [1.82, 2.24) is 10.1 Å². The van der Waals surface area contributed by atoms with Crippen LogP contribution in [-0.4, -0.2) is 28.2 Å². The number of hydrogen-bond donors (Lipinski definition) is 0. The van der Waals surface area contributed by atoms with E-state index in [-0.39, 0.29) is 11.2 Å². The van der Waals surface area contributed by atoms with Crippen LogP contribution in [0.2, 0.25) is 0 Å². The fourth-order valence-corrected chi connectivity index (χ4v) is 3.85. The van der Waals surface area contributed by atoms with E-state index >= 15 is 0 Å². The Bertz CT molecular complexity index is 1060. The van der Waals surface area contributed by atoms with Crippen molar-refractivity contribution in [3.8, 4) is 0 Å². The maximum absolute atomic E-state index is 12.6. The average Bonchev–Trinajstić information content (AvgIpc) is 3.27. The Hall–Kier alpha value is -3.08. The van der Waals surface area contributed by atoms with E-state index in [1.54, 1.807) is 0 Å². The lowest BCUT2D eigenvalue weighted by atomic mass is 9.83. The Labute approximate surface area is 197 Å². The van der Waals surface area contributed by atoms with E-state index in [2.05, 4.69) is 47.2 Å². The van der Waals surface area contributed by atoms with Gasteiger partial charge in [0.25, 0.3) is 0 Å². The van der Waals surface area contributed by atoms with Crippen molar-refractivity contribution in [3.63, 3.8) is 0 Å². The highest BCUT2D eigenvalue weighted by Crippen LogP contribution is 2.32. The summed E-state index contributed by atoms with van der Waals surface area (Å²) >= 11 is 0. The van der Waals surface area contributed by atoms with Gasteiger partial charge >= 0.3 is 0 Å². The number of benzene rings is 1. The first-order valence-corrected chi connectivity index (χ1v) is 11.9. The molecule has 0 radical (unpaired) electrons. The van der Waals surface area contributed by atoms with Crippen molar-refractivity contribution in [2.24, 2.45) is 10.4 Å². The van der Waals surface area contributed by atoms with E-state index in [1.165, 1.54) is 0 Å². The Morgan fingerprint density at radius 1 is 1.18 bits per heavy atom. The van der Waals surface area contributed by atoms with Crippen LogP contribution in [0.4, 0.5) is 0 Å². The minimum atomic E-state index is 0.119. The van der Waals surface area contributed by atoms with E-state index in [1.807, 2.05) is 50.3 Å². The summed E-state index contributed by atoms with van der Waals surface area (Å²) in [5, 5.41) is 4.14. The number of aryl methyl sites for hydroxylation is 1. The molecule has 1 heterocycles. The van der Waals surface area contributed by atoms with Gasteiger partial charge in [-0.1, -0.05) is 74.0 Å². The molecule has 0 amide bonds. The molecule has 1 aliphatic carbocycles. The Balaban J connectivity index is 1.45. The predicted molar refractivity (Wildman–Crippen MR) is 134 cm³/mol. The van der Waals surface area contributed by atoms with Crippen molar-refractivity contribution in [2.45, 2.75) is 66.2 Å².